The van der Waals surface area contributed by atoms with Crippen LogP contribution in [0, 0.1) is 18.2 Å². The number of para-hydroxylation sites is 3. The molecule has 0 saturated heterocycles. The normalized spacial score (nSPS) is 14.9. The lowest BCUT2D eigenvalue weighted by Gasteiger charge is -2.33. The van der Waals surface area contributed by atoms with Gasteiger partial charge in [0.15, 0.2) is 0 Å². The number of benzene rings is 7. The third kappa shape index (κ3) is 7.65. The lowest BCUT2D eigenvalue weighted by atomic mass is 9.95. The molecule has 0 saturated carbocycles. The molecule has 6 heteroatoms. The second kappa shape index (κ2) is 17.5. The summed E-state index contributed by atoms with van der Waals surface area (Å²) in [6.07, 6.45) is 23.1. The second-order valence-electron chi connectivity index (χ2n) is 17.1. The summed E-state index contributed by atoms with van der Waals surface area (Å²) in [5.74, 6) is 2.27. The van der Waals surface area contributed by atoms with Crippen molar-refractivity contribution in [3.05, 3.63) is 235 Å². The van der Waals surface area contributed by atoms with Gasteiger partial charge in [-0.25, -0.2) is 8.78 Å². The highest BCUT2D eigenvalue weighted by Gasteiger charge is 2.25. The Hall–Kier alpha value is -8.40. The number of hydrogen-bond acceptors (Lipinski definition) is 2. The Morgan fingerprint density at radius 1 is 0.657 bits per heavy atom. The van der Waals surface area contributed by atoms with E-state index in [0.717, 1.165) is 97.4 Å². The maximum absolute atomic E-state index is 14.0. The fourth-order valence-electron chi connectivity index (χ4n) is 9.95. The summed E-state index contributed by atoms with van der Waals surface area (Å²) in [5.41, 5.74) is 14.6. The zero-order chi connectivity index (χ0) is 45.4. The molecule has 4 nitrogen and oxygen atoms in total. The predicted molar refractivity (Wildman–Crippen MR) is 277 cm³/mol. The smallest absolute Gasteiger partial charge is 0.123 e. The highest BCUT2D eigenvalue weighted by molar-refractivity contribution is 6.10. The van der Waals surface area contributed by atoms with Crippen LogP contribution in [-0.4, -0.2) is 15.2 Å². The molecule has 67 heavy (non-hydrogen) atoms. The number of fused-ring (bicyclic) bond motifs is 6. The molecule has 0 bridgehead atoms. The van der Waals surface area contributed by atoms with Crippen molar-refractivity contribution < 1.29 is 8.78 Å². The van der Waals surface area contributed by atoms with Gasteiger partial charge in [0.1, 0.15) is 5.82 Å². The number of nitrogens with zero attached hydrogens (tertiary/aromatic N) is 4. The summed E-state index contributed by atoms with van der Waals surface area (Å²) < 4.78 is 32.2. The van der Waals surface area contributed by atoms with Crippen molar-refractivity contribution in [1.82, 2.24) is 9.13 Å². The molecule has 0 spiro atoms. The van der Waals surface area contributed by atoms with E-state index in [0.29, 0.717) is 5.70 Å². The largest absolute Gasteiger partial charge is 0.334 e. The number of allylic oxidation sites excluding steroid dienone is 7. The van der Waals surface area contributed by atoms with Gasteiger partial charge in [0.05, 0.1) is 39.8 Å². The molecular formula is C61H46F2N4. The Kier molecular flexibility index (Phi) is 10.8. The van der Waals surface area contributed by atoms with Gasteiger partial charge in [-0.15, -0.1) is 6.42 Å². The van der Waals surface area contributed by atoms with E-state index >= 15 is 0 Å². The third-order valence-corrected chi connectivity index (χ3v) is 13.0. The number of rotatable bonds is 10. The Morgan fingerprint density at radius 3 is 2.04 bits per heavy atom. The summed E-state index contributed by atoms with van der Waals surface area (Å²) in [4.78, 5) is 4.73. The van der Waals surface area contributed by atoms with Gasteiger partial charge in [-0.05, 0) is 164 Å². The maximum atomic E-state index is 14.0. The van der Waals surface area contributed by atoms with Crippen molar-refractivity contribution in [2.45, 2.75) is 32.2 Å². The predicted octanol–water partition coefficient (Wildman–Crippen LogP) is 16.2. The highest BCUT2D eigenvalue weighted by Crippen LogP contribution is 2.42. The Balaban J connectivity index is 0.915. The highest BCUT2D eigenvalue weighted by atomic mass is 19.1. The number of aromatic nitrogens is 2. The number of hydrogen-bond donors (Lipinski definition) is 0. The van der Waals surface area contributed by atoms with E-state index in [1.54, 1.807) is 6.08 Å². The molecule has 7 aromatic carbocycles. The molecule has 324 valence electrons. The molecule has 1 unspecified atom stereocenters. The van der Waals surface area contributed by atoms with Crippen LogP contribution < -0.4 is 9.80 Å². The summed E-state index contributed by atoms with van der Waals surface area (Å²) in [5, 5.41) is 3.40. The van der Waals surface area contributed by atoms with Crippen LogP contribution in [0.1, 0.15) is 36.6 Å². The van der Waals surface area contributed by atoms with Crippen molar-refractivity contribution in [3.8, 4) is 18.0 Å². The standard InChI is InChI=1S/C61H46F2N4/c1-3-46(29-22-42(2)62)66-58-20-12-10-18-54(58)56-40-52(36-38-60(56)66)64(47-14-6-4-7-15-47)49-30-23-43(24-31-49)44-25-32-50(33-26-44)65(48-16-8-5-9-17-48)53-37-39-61-57(41-53)55-19-11-13-21-59(55)67(61)51-34-27-45(63)28-35-51/h1,4-9,11-17,19-30,32-41,49H,10,18,31H2,2H3/b42-22+,46-29+. The van der Waals surface area contributed by atoms with Gasteiger partial charge in [0.2, 0.25) is 0 Å². The average Bonchev–Trinajstić information content (AvgIpc) is 3.88. The molecule has 2 aliphatic rings. The fourth-order valence-corrected chi connectivity index (χ4v) is 9.95. The summed E-state index contributed by atoms with van der Waals surface area (Å²) in [6, 6.07) is 58.3. The SMILES string of the molecule is C#C/C(=C\C=C(/C)F)n1c2c(c3cc(N(c4ccccc4)C4C=CC(c5ccc(N(c6ccccc6)c6ccc7c(c6)c6ccccc6n7-c6ccc(F)cc6)cc5)=CC4)ccc31)CCC=C2. The van der Waals surface area contributed by atoms with Crippen molar-refractivity contribution >= 4 is 78.5 Å². The van der Waals surface area contributed by atoms with E-state index in [1.807, 2.05) is 24.3 Å². The first-order valence-electron chi connectivity index (χ1n) is 22.8. The Morgan fingerprint density at radius 2 is 1.31 bits per heavy atom. The van der Waals surface area contributed by atoms with Crippen molar-refractivity contribution in [2.24, 2.45) is 0 Å². The Labute approximate surface area is 389 Å². The molecule has 0 aliphatic heterocycles. The van der Waals surface area contributed by atoms with Crippen LogP contribution in [0.25, 0.3) is 55.7 Å². The lowest BCUT2D eigenvalue weighted by molar-refractivity contribution is 0.627. The van der Waals surface area contributed by atoms with E-state index in [9.17, 15) is 8.78 Å². The second-order valence-corrected chi connectivity index (χ2v) is 17.1. The molecular weight excluding hydrogens is 827 g/mol. The van der Waals surface area contributed by atoms with Crippen LogP contribution in [0.15, 0.2) is 212 Å². The molecule has 2 aromatic heterocycles. The average molecular weight is 873 g/mol. The van der Waals surface area contributed by atoms with Crippen molar-refractivity contribution in [3.63, 3.8) is 0 Å². The van der Waals surface area contributed by atoms with Crippen LogP contribution in [0.4, 0.5) is 37.2 Å². The van der Waals surface area contributed by atoms with Crippen molar-refractivity contribution in [2.75, 3.05) is 9.80 Å². The van der Waals surface area contributed by atoms with E-state index in [2.05, 4.69) is 189 Å². The van der Waals surface area contributed by atoms with Crippen LogP contribution in [-0.2, 0) is 6.42 Å². The summed E-state index contributed by atoms with van der Waals surface area (Å²) in [6.45, 7) is 1.43. The number of terminal acetylenes is 1. The zero-order valence-electron chi connectivity index (χ0n) is 37.0. The molecule has 9 aromatic rings. The topological polar surface area (TPSA) is 16.3 Å². The molecule has 0 N–H and O–H groups in total. The van der Waals surface area contributed by atoms with E-state index in [4.69, 9.17) is 6.42 Å². The number of anilines is 5. The zero-order valence-corrected chi connectivity index (χ0v) is 37.0. The van der Waals surface area contributed by atoms with Gasteiger partial charge >= 0.3 is 0 Å². The molecule has 0 amide bonds. The quantitative estimate of drug-likeness (QED) is 0.101. The van der Waals surface area contributed by atoms with Crippen LogP contribution in [0.5, 0.6) is 0 Å². The van der Waals surface area contributed by atoms with Gasteiger partial charge in [-0.2, -0.15) is 0 Å². The first-order valence-corrected chi connectivity index (χ1v) is 22.8. The molecule has 0 radical (unpaired) electrons. The van der Waals surface area contributed by atoms with E-state index in [-0.39, 0.29) is 17.7 Å². The Bertz CT molecular complexity index is 3520. The fraction of sp³-hybridized carbons (Fsp3) is 0.0820. The van der Waals surface area contributed by atoms with Crippen LogP contribution >= 0.6 is 0 Å². The maximum Gasteiger partial charge on any atom is 0.123 e. The van der Waals surface area contributed by atoms with Gasteiger partial charge in [-0.3, -0.25) is 0 Å². The number of aryl methyl sites for hydroxylation is 1. The van der Waals surface area contributed by atoms with Gasteiger partial charge in [-0.1, -0.05) is 97.0 Å². The van der Waals surface area contributed by atoms with Gasteiger partial charge < -0.3 is 18.9 Å². The first-order chi connectivity index (χ1) is 32.9. The first kappa shape index (κ1) is 41.3. The summed E-state index contributed by atoms with van der Waals surface area (Å²) >= 11 is 0. The minimum atomic E-state index is -0.296. The molecule has 2 aliphatic carbocycles. The molecule has 11 rings (SSSR count). The van der Waals surface area contributed by atoms with Crippen LogP contribution in [0.3, 0.4) is 0 Å². The third-order valence-electron chi connectivity index (χ3n) is 13.0. The van der Waals surface area contributed by atoms with E-state index < -0.39 is 0 Å². The summed E-state index contributed by atoms with van der Waals surface area (Å²) in [7, 11) is 0. The van der Waals surface area contributed by atoms with Crippen molar-refractivity contribution in [1.29, 1.82) is 0 Å². The molecule has 1 atom stereocenters. The minimum absolute atomic E-state index is 0.0667. The van der Waals surface area contributed by atoms with Crippen LogP contribution in [0.2, 0.25) is 0 Å². The van der Waals surface area contributed by atoms with E-state index in [1.165, 1.54) is 36.3 Å². The lowest BCUT2D eigenvalue weighted by Crippen LogP contribution is -2.30. The monoisotopic (exact) mass is 872 g/mol. The number of halogens is 2. The van der Waals surface area contributed by atoms with Gasteiger partial charge in [0.25, 0.3) is 0 Å². The minimum Gasteiger partial charge on any atom is -0.334 e. The molecule has 2 heterocycles. The molecule has 0 fully saturated rings. The van der Waals surface area contributed by atoms with Gasteiger partial charge in [0, 0.05) is 50.3 Å².